The Morgan fingerprint density at radius 2 is 1.78 bits per heavy atom. The molecule has 3 saturated heterocycles. The van der Waals surface area contributed by atoms with Gasteiger partial charge in [-0.2, -0.15) is 0 Å². The highest BCUT2D eigenvalue weighted by atomic mass is 19.1. The van der Waals surface area contributed by atoms with Crippen LogP contribution >= 0.6 is 0 Å². The monoisotopic (exact) mass is 508 g/mol. The summed E-state index contributed by atoms with van der Waals surface area (Å²) in [5.74, 6) is -2.79. The van der Waals surface area contributed by atoms with E-state index >= 15 is 0 Å². The van der Waals surface area contributed by atoms with Crippen molar-refractivity contribution >= 4 is 29.3 Å². The lowest BCUT2D eigenvalue weighted by Crippen LogP contribution is -2.61. The van der Waals surface area contributed by atoms with Gasteiger partial charge in [0.15, 0.2) is 0 Å². The van der Waals surface area contributed by atoms with E-state index in [1.165, 1.54) is 0 Å². The van der Waals surface area contributed by atoms with Crippen LogP contribution < -0.4 is 10.2 Å². The number of carbonyl (C=O) groups excluding carboxylic acids is 4. The van der Waals surface area contributed by atoms with Gasteiger partial charge in [-0.25, -0.2) is 8.78 Å². The molecule has 2 aromatic carbocycles. The normalized spacial score (nSPS) is 22.7. The van der Waals surface area contributed by atoms with Gasteiger partial charge in [-0.3, -0.25) is 24.5 Å². The number of rotatable bonds is 3. The third-order valence-electron chi connectivity index (χ3n) is 8.22. The quantitative estimate of drug-likeness (QED) is 0.644. The number of likely N-dealkylation sites (tertiary alicyclic amines) is 1. The average Bonchev–Trinajstić information content (AvgIpc) is 3.20. The molecule has 1 unspecified atom stereocenters. The van der Waals surface area contributed by atoms with E-state index in [2.05, 4.69) is 10.2 Å². The summed E-state index contributed by atoms with van der Waals surface area (Å²) in [5, 5.41) is 2.33. The number of benzene rings is 2. The molecule has 3 fully saturated rings. The number of nitrogens with zero attached hydrogens (tertiary/aromatic N) is 3. The van der Waals surface area contributed by atoms with Gasteiger partial charge >= 0.3 is 0 Å². The Bertz CT molecular complexity index is 1330. The predicted molar refractivity (Wildman–Crippen MR) is 129 cm³/mol. The van der Waals surface area contributed by atoms with E-state index in [9.17, 15) is 28.0 Å². The maximum atomic E-state index is 14.1. The molecule has 0 radical (unpaired) electrons. The minimum atomic E-state index is -0.722. The van der Waals surface area contributed by atoms with Crippen molar-refractivity contribution in [3.8, 4) is 0 Å². The smallest absolute Gasteiger partial charge is 0.256 e. The van der Waals surface area contributed by atoms with Crippen molar-refractivity contribution in [3.05, 3.63) is 64.7 Å². The van der Waals surface area contributed by atoms with Gasteiger partial charge < -0.3 is 14.7 Å². The highest BCUT2D eigenvalue weighted by molar-refractivity contribution is 6.06. The second-order valence-corrected chi connectivity index (χ2v) is 10.5. The van der Waals surface area contributed by atoms with Gasteiger partial charge in [0, 0.05) is 61.4 Å². The topological polar surface area (TPSA) is 90.0 Å². The van der Waals surface area contributed by atoms with Crippen LogP contribution in [0.4, 0.5) is 14.5 Å². The molecule has 4 aliphatic heterocycles. The minimum absolute atomic E-state index is 0.0197. The molecule has 0 saturated carbocycles. The van der Waals surface area contributed by atoms with E-state index in [0.717, 1.165) is 55.4 Å². The van der Waals surface area contributed by atoms with Crippen LogP contribution in [0, 0.1) is 17.0 Å². The fourth-order valence-electron chi connectivity index (χ4n) is 6.13. The summed E-state index contributed by atoms with van der Waals surface area (Å²) in [6.07, 6.45) is 2.04. The Morgan fingerprint density at radius 1 is 1.03 bits per heavy atom. The fourth-order valence-corrected chi connectivity index (χ4v) is 6.13. The average molecular weight is 509 g/mol. The van der Waals surface area contributed by atoms with Crippen LogP contribution in [0.1, 0.15) is 52.0 Å². The van der Waals surface area contributed by atoms with Crippen molar-refractivity contribution in [1.29, 1.82) is 0 Å². The molecule has 192 valence electrons. The first-order valence-electron chi connectivity index (χ1n) is 12.5. The first kappa shape index (κ1) is 23.6. The van der Waals surface area contributed by atoms with Gasteiger partial charge in [-0.05, 0) is 49.6 Å². The van der Waals surface area contributed by atoms with Gasteiger partial charge in [-0.1, -0.05) is 6.07 Å². The lowest BCUT2D eigenvalue weighted by atomic mass is 9.71. The van der Waals surface area contributed by atoms with E-state index in [-0.39, 0.29) is 29.2 Å². The number of piperidine rings is 2. The van der Waals surface area contributed by atoms with Crippen LogP contribution in [0.5, 0.6) is 0 Å². The van der Waals surface area contributed by atoms with Crippen LogP contribution in [-0.4, -0.2) is 65.6 Å². The highest BCUT2D eigenvalue weighted by Gasteiger charge is 2.47. The largest absolute Gasteiger partial charge is 0.370 e. The van der Waals surface area contributed by atoms with E-state index in [1.807, 2.05) is 12.1 Å². The maximum Gasteiger partial charge on any atom is 0.256 e. The Kier molecular flexibility index (Phi) is 5.50. The summed E-state index contributed by atoms with van der Waals surface area (Å²) in [6.45, 7) is 2.80. The molecule has 4 amide bonds. The predicted octanol–water partition coefficient (Wildman–Crippen LogP) is 2.47. The number of amides is 4. The van der Waals surface area contributed by atoms with Crippen molar-refractivity contribution in [2.75, 3.05) is 31.1 Å². The zero-order valence-corrected chi connectivity index (χ0v) is 20.1. The number of imide groups is 1. The second-order valence-electron chi connectivity index (χ2n) is 10.5. The Morgan fingerprint density at radius 3 is 2.51 bits per heavy atom. The van der Waals surface area contributed by atoms with Crippen molar-refractivity contribution in [1.82, 2.24) is 15.1 Å². The fraction of sp³-hybridized carbons (Fsp3) is 0.407. The molecule has 0 bridgehead atoms. The van der Waals surface area contributed by atoms with Crippen molar-refractivity contribution in [2.24, 2.45) is 5.41 Å². The van der Waals surface area contributed by atoms with Gasteiger partial charge in [-0.15, -0.1) is 0 Å². The summed E-state index contributed by atoms with van der Waals surface area (Å²) < 4.78 is 27.6. The molecule has 10 heteroatoms. The molecular weight excluding hydrogens is 482 g/mol. The molecule has 2 aromatic rings. The highest BCUT2D eigenvalue weighted by Crippen LogP contribution is 2.45. The number of anilines is 1. The van der Waals surface area contributed by atoms with Crippen LogP contribution in [0.3, 0.4) is 0 Å². The minimum Gasteiger partial charge on any atom is -0.370 e. The number of hydrogen-bond donors (Lipinski definition) is 1. The Hall–Kier alpha value is -3.82. The summed E-state index contributed by atoms with van der Waals surface area (Å²) in [4.78, 5) is 55.2. The van der Waals surface area contributed by atoms with Crippen LogP contribution in [-0.2, 0) is 16.1 Å². The van der Waals surface area contributed by atoms with E-state index in [0.29, 0.717) is 31.6 Å². The van der Waals surface area contributed by atoms with Gasteiger partial charge in [0.1, 0.15) is 17.7 Å². The standard InChI is InChI=1S/C27H26F2N4O4/c28-16-4-5-20(29)18(12-16)25(36)31-10-8-27(9-11-31)14-32(15-27)21-3-1-2-17-19(21)13-33(26(17)37)22-6-7-23(34)30-24(22)35/h1-5,12,22H,6-11,13-15H2,(H,30,34,35). The summed E-state index contributed by atoms with van der Waals surface area (Å²) in [7, 11) is 0. The molecule has 8 nitrogen and oxygen atoms in total. The molecule has 4 aliphatic rings. The number of carbonyl (C=O) groups is 4. The molecular formula is C27H26F2N4O4. The van der Waals surface area contributed by atoms with Crippen molar-refractivity contribution in [3.63, 3.8) is 0 Å². The Balaban J connectivity index is 1.12. The van der Waals surface area contributed by atoms with Crippen LogP contribution in [0.2, 0.25) is 0 Å². The van der Waals surface area contributed by atoms with Gasteiger partial charge in [0.25, 0.3) is 11.8 Å². The molecule has 0 aromatic heterocycles. The lowest BCUT2D eigenvalue weighted by Gasteiger charge is -2.55. The third kappa shape index (κ3) is 3.95. The molecule has 37 heavy (non-hydrogen) atoms. The van der Waals surface area contributed by atoms with Crippen LogP contribution in [0.15, 0.2) is 36.4 Å². The van der Waals surface area contributed by atoms with Gasteiger partial charge in [0.2, 0.25) is 11.8 Å². The Labute approximate surface area is 212 Å². The summed E-state index contributed by atoms with van der Waals surface area (Å²) in [6, 6.07) is 7.87. The molecule has 1 N–H and O–H groups in total. The SMILES string of the molecule is O=C1CCC(N2Cc3c(cccc3N3CC4(CCN(C(=O)c5cc(F)ccc5F)CC4)C3)C2=O)C(=O)N1. The van der Waals surface area contributed by atoms with E-state index in [1.54, 1.807) is 15.9 Å². The van der Waals surface area contributed by atoms with Gasteiger partial charge in [0.05, 0.1) is 5.56 Å². The molecule has 1 atom stereocenters. The van der Waals surface area contributed by atoms with E-state index < -0.39 is 29.5 Å². The number of hydrogen-bond acceptors (Lipinski definition) is 5. The van der Waals surface area contributed by atoms with Crippen LogP contribution in [0.25, 0.3) is 0 Å². The number of fused-ring (bicyclic) bond motifs is 1. The third-order valence-corrected chi connectivity index (χ3v) is 8.22. The van der Waals surface area contributed by atoms with Crippen molar-refractivity contribution < 1.29 is 28.0 Å². The number of nitrogens with one attached hydrogen (secondary N) is 1. The zero-order valence-electron chi connectivity index (χ0n) is 20.1. The molecule has 0 aliphatic carbocycles. The van der Waals surface area contributed by atoms with E-state index in [4.69, 9.17) is 0 Å². The zero-order chi connectivity index (χ0) is 25.9. The second kappa shape index (κ2) is 8.64. The lowest BCUT2D eigenvalue weighted by molar-refractivity contribution is -0.136. The molecule has 4 heterocycles. The first-order valence-corrected chi connectivity index (χ1v) is 12.5. The van der Waals surface area contributed by atoms with Crippen molar-refractivity contribution in [2.45, 2.75) is 38.3 Å². The number of halogens is 2. The summed E-state index contributed by atoms with van der Waals surface area (Å²) >= 11 is 0. The summed E-state index contributed by atoms with van der Waals surface area (Å²) in [5.41, 5.74) is 2.22. The molecule has 6 rings (SSSR count). The molecule has 1 spiro atoms. The maximum absolute atomic E-state index is 14.1. The first-order chi connectivity index (χ1) is 17.7.